The Bertz CT molecular complexity index is 406. The molecule has 1 aromatic carbocycles. The fourth-order valence-electron chi connectivity index (χ4n) is 2.29. The fraction of sp³-hybridized carbons (Fsp3) is 0.462. The summed E-state index contributed by atoms with van der Waals surface area (Å²) in [6.07, 6.45) is 1.01. The fourth-order valence-corrected chi connectivity index (χ4v) is 2.29. The van der Waals surface area contributed by atoms with Crippen LogP contribution >= 0.6 is 0 Å². The molecule has 4 nitrogen and oxygen atoms in total. The summed E-state index contributed by atoms with van der Waals surface area (Å²) in [5.41, 5.74) is 2.49. The number of aliphatic carboxylic acids is 1. The van der Waals surface area contributed by atoms with E-state index in [1.807, 2.05) is 19.1 Å². The number of hydrogen-bond donors (Lipinski definition) is 2. The van der Waals surface area contributed by atoms with Crippen molar-refractivity contribution in [2.45, 2.75) is 19.4 Å². The summed E-state index contributed by atoms with van der Waals surface area (Å²) >= 11 is 0. The number of benzene rings is 1. The lowest BCUT2D eigenvalue weighted by Crippen LogP contribution is -2.45. The van der Waals surface area contributed by atoms with Gasteiger partial charge < -0.3 is 15.3 Å². The first-order valence-electron chi connectivity index (χ1n) is 6.01. The molecule has 0 amide bonds. The first-order chi connectivity index (χ1) is 8.22. The van der Waals surface area contributed by atoms with Gasteiger partial charge in [0.25, 0.3) is 0 Å². The lowest BCUT2D eigenvalue weighted by atomic mass is 10.2. The second-order valence-corrected chi connectivity index (χ2v) is 4.27. The summed E-state index contributed by atoms with van der Waals surface area (Å²) < 4.78 is 0. The number of fused-ring (bicyclic) bond motifs is 1. The van der Waals surface area contributed by atoms with Gasteiger partial charge in [-0.1, -0.05) is 25.1 Å². The molecule has 1 unspecified atom stereocenters. The highest BCUT2D eigenvalue weighted by Gasteiger charge is 2.24. The average Bonchev–Trinajstić information content (AvgIpc) is 2.72. The number of carboxylic acid groups (broad SMARTS) is 1. The van der Waals surface area contributed by atoms with E-state index in [9.17, 15) is 4.79 Å². The van der Waals surface area contributed by atoms with E-state index in [1.165, 1.54) is 11.3 Å². The number of carbonyl (C=O) groups is 1. The molecule has 0 aromatic heterocycles. The molecule has 0 aliphatic carbocycles. The number of likely N-dealkylation sites (N-methyl/N-ethyl adjacent to an activating group) is 1. The van der Waals surface area contributed by atoms with E-state index in [4.69, 9.17) is 5.11 Å². The second-order valence-electron chi connectivity index (χ2n) is 4.27. The zero-order valence-electron chi connectivity index (χ0n) is 10.0. The van der Waals surface area contributed by atoms with Gasteiger partial charge in [-0.05, 0) is 24.6 Å². The lowest BCUT2D eigenvalue weighted by molar-refractivity contribution is -0.139. The van der Waals surface area contributed by atoms with Crippen LogP contribution in [0, 0.1) is 0 Å². The van der Waals surface area contributed by atoms with Gasteiger partial charge in [0.1, 0.15) is 6.04 Å². The molecule has 1 atom stereocenters. The molecule has 1 aliphatic rings. The topological polar surface area (TPSA) is 52.6 Å². The van der Waals surface area contributed by atoms with E-state index < -0.39 is 12.0 Å². The minimum absolute atomic E-state index is 0.494. The zero-order chi connectivity index (χ0) is 12.3. The third-order valence-electron chi connectivity index (χ3n) is 3.13. The summed E-state index contributed by atoms with van der Waals surface area (Å²) in [6.45, 7) is 4.04. The maximum atomic E-state index is 11.1. The number of rotatable bonds is 5. The standard InChI is InChI=1S/C13H18N2O2/c1-2-14-11(13(16)17)9-15-8-7-10-5-3-4-6-12(10)15/h3-6,11,14H,2,7-9H2,1H3,(H,16,17). The van der Waals surface area contributed by atoms with Gasteiger partial charge in [0.05, 0.1) is 0 Å². The molecule has 92 valence electrons. The molecule has 0 bridgehead atoms. The molecule has 2 N–H and O–H groups in total. The van der Waals surface area contributed by atoms with E-state index in [0.717, 1.165) is 13.0 Å². The summed E-state index contributed by atoms with van der Waals surface area (Å²) in [5.74, 6) is -0.781. The lowest BCUT2D eigenvalue weighted by Gasteiger charge is -2.24. The number of para-hydroxylation sites is 1. The maximum Gasteiger partial charge on any atom is 0.322 e. The molecule has 0 saturated heterocycles. The smallest absolute Gasteiger partial charge is 0.322 e. The Morgan fingerprint density at radius 3 is 3.00 bits per heavy atom. The van der Waals surface area contributed by atoms with Crippen LogP contribution in [-0.2, 0) is 11.2 Å². The normalized spacial score (nSPS) is 15.7. The summed E-state index contributed by atoms with van der Waals surface area (Å²) in [7, 11) is 0. The first kappa shape index (κ1) is 11.9. The van der Waals surface area contributed by atoms with E-state index in [2.05, 4.69) is 22.3 Å². The molecule has 1 aliphatic heterocycles. The van der Waals surface area contributed by atoms with Crippen LogP contribution in [0.5, 0.6) is 0 Å². The largest absolute Gasteiger partial charge is 0.480 e. The molecule has 0 fully saturated rings. The van der Waals surface area contributed by atoms with Gasteiger partial charge in [-0.3, -0.25) is 4.79 Å². The number of anilines is 1. The van der Waals surface area contributed by atoms with Crippen molar-refractivity contribution in [1.82, 2.24) is 5.32 Å². The Labute approximate surface area is 101 Å². The predicted octanol–water partition coefficient (Wildman–Crippen LogP) is 1.11. The Balaban J connectivity index is 2.07. The Kier molecular flexibility index (Phi) is 3.64. The molecule has 0 saturated carbocycles. The first-order valence-corrected chi connectivity index (χ1v) is 6.01. The molecular formula is C13H18N2O2. The highest BCUT2D eigenvalue weighted by atomic mass is 16.4. The highest BCUT2D eigenvalue weighted by molar-refractivity contribution is 5.75. The van der Waals surface area contributed by atoms with E-state index in [0.29, 0.717) is 13.1 Å². The van der Waals surface area contributed by atoms with E-state index in [-0.39, 0.29) is 0 Å². The van der Waals surface area contributed by atoms with Gasteiger partial charge in [0.2, 0.25) is 0 Å². The molecule has 1 aromatic rings. The van der Waals surface area contributed by atoms with Crippen molar-refractivity contribution >= 4 is 11.7 Å². The van der Waals surface area contributed by atoms with Gasteiger partial charge >= 0.3 is 5.97 Å². The summed E-state index contributed by atoms with van der Waals surface area (Å²) in [6, 6.07) is 7.71. The SMILES string of the molecule is CCNC(CN1CCc2ccccc21)C(=O)O. The van der Waals surface area contributed by atoms with Crippen molar-refractivity contribution < 1.29 is 9.90 Å². The third kappa shape index (κ3) is 2.58. The minimum atomic E-state index is -0.781. The highest BCUT2D eigenvalue weighted by Crippen LogP contribution is 2.27. The molecule has 4 heteroatoms. The van der Waals surface area contributed by atoms with Crippen LogP contribution in [0.25, 0.3) is 0 Å². The van der Waals surface area contributed by atoms with Crippen LogP contribution in [0.1, 0.15) is 12.5 Å². The number of carboxylic acids is 1. The van der Waals surface area contributed by atoms with Crippen LogP contribution in [0.15, 0.2) is 24.3 Å². The van der Waals surface area contributed by atoms with Crippen molar-refractivity contribution in [2.75, 3.05) is 24.5 Å². The van der Waals surface area contributed by atoms with E-state index in [1.54, 1.807) is 0 Å². The molecule has 17 heavy (non-hydrogen) atoms. The number of nitrogens with zero attached hydrogens (tertiary/aromatic N) is 1. The van der Waals surface area contributed by atoms with Crippen LogP contribution in [0.3, 0.4) is 0 Å². The Hall–Kier alpha value is -1.55. The van der Waals surface area contributed by atoms with Crippen LogP contribution in [0.2, 0.25) is 0 Å². The maximum absolute atomic E-state index is 11.1. The average molecular weight is 234 g/mol. The van der Waals surface area contributed by atoms with Crippen LogP contribution in [0.4, 0.5) is 5.69 Å². The van der Waals surface area contributed by atoms with Crippen molar-refractivity contribution in [3.63, 3.8) is 0 Å². The van der Waals surface area contributed by atoms with Gasteiger partial charge in [-0.15, -0.1) is 0 Å². The zero-order valence-corrected chi connectivity index (χ0v) is 10.0. The monoisotopic (exact) mass is 234 g/mol. The van der Waals surface area contributed by atoms with E-state index >= 15 is 0 Å². The van der Waals surface area contributed by atoms with Crippen molar-refractivity contribution in [3.05, 3.63) is 29.8 Å². The quantitative estimate of drug-likeness (QED) is 0.801. The minimum Gasteiger partial charge on any atom is -0.480 e. The van der Waals surface area contributed by atoms with Crippen molar-refractivity contribution in [1.29, 1.82) is 0 Å². The number of nitrogens with one attached hydrogen (secondary N) is 1. The molecular weight excluding hydrogens is 216 g/mol. The molecule has 1 heterocycles. The Morgan fingerprint density at radius 1 is 1.53 bits per heavy atom. The van der Waals surface area contributed by atoms with Gasteiger partial charge in [-0.25, -0.2) is 0 Å². The van der Waals surface area contributed by atoms with Crippen LogP contribution in [-0.4, -0.2) is 36.8 Å². The second kappa shape index (κ2) is 5.19. The third-order valence-corrected chi connectivity index (χ3v) is 3.13. The van der Waals surface area contributed by atoms with Crippen molar-refractivity contribution in [2.24, 2.45) is 0 Å². The van der Waals surface area contributed by atoms with Crippen LogP contribution < -0.4 is 10.2 Å². The summed E-state index contributed by atoms with van der Waals surface area (Å²) in [4.78, 5) is 13.2. The Morgan fingerprint density at radius 2 is 2.29 bits per heavy atom. The number of hydrogen-bond acceptors (Lipinski definition) is 3. The van der Waals surface area contributed by atoms with Gasteiger partial charge in [0, 0.05) is 18.8 Å². The van der Waals surface area contributed by atoms with Gasteiger partial charge in [0.15, 0.2) is 0 Å². The molecule has 2 rings (SSSR count). The molecule has 0 spiro atoms. The molecule has 0 radical (unpaired) electrons. The predicted molar refractivity (Wildman–Crippen MR) is 67.5 cm³/mol. The van der Waals surface area contributed by atoms with Gasteiger partial charge in [-0.2, -0.15) is 0 Å². The van der Waals surface area contributed by atoms with Crippen molar-refractivity contribution in [3.8, 4) is 0 Å². The summed E-state index contributed by atoms with van der Waals surface area (Å²) in [5, 5.41) is 12.1.